The molecule has 5 rings (SSSR count). The number of hydrogen-bond acceptors (Lipinski definition) is 4. The molecule has 11 heteroatoms. The standard InChI is InChI=1S/C23H20F3N5O3/c1-13-10-30-19(11-29(13)22(32)28-15-7-16(24)21(26)17(25)8-15)18(9-27-30)31-20(12-34-23(31)33)14-5-3-2-4-6-14/h2-9,13,20H,10-12H2,1H3,(H,28,32)/t13-,20+/m0/s1. The Morgan fingerprint density at radius 3 is 2.56 bits per heavy atom. The molecule has 3 amide bonds. The van der Waals surface area contributed by atoms with Crippen LogP contribution in [0.25, 0.3) is 0 Å². The summed E-state index contributed by atoms with van der Waals surface area (Å²) in [4.78, 5) is 28.5. The van der Waals surface area contributed by atoms with E-state index in [0.717, 1.165) is 5.56 Å². The number of rotatable bonds is 3. The van der Waals surface area contributed by atoms with Crippen LogP contribution in [0, 0.1) is 17.5 Å². The average Bonchev–Trinajstić information content (AvgIpc) is 3.39. The lowest BCUT2D eigenvalue weighted by Gasteiger charge is -2.35. The van der Waals surface area contributed by atoms with Gasteiger partial charge in [-0.15, -0.1) is 0 Å². The molecular weight excluding hydrogens is 451 g/mol. The summed E-state index contributed by atoms with van der Waals surface area (Å²) in [5.41, 5.74) is 1.82. The number of nitrogens with zero attached hydrogens (tertiary/aromatic N) is 4. The average molecular weight is 471 g/mol. The molecule has 0 saturated carbocycles. The van der Waals surface area contributed by atoms with E-state index in [9.17, 15) is 22.8 Å². The molecule has 1 aromatic heterocycles. The third kappa shape index (κ3) is 3.72. The van der Waals surface area contributed by atoms with Crippen molar-refractivity contribution in [2.45, 2.75) is 32.1 Å². The van der Waals surface area contributed by atoms with Crippen LogP contribution in [0.4, 0.5) is 34.1 Å². The highest BCUT2D eigenvalue weighted by Gasteiger charge is 2.40. The van der Waals surface area contributed by atoms with E-state index in [1.807, 2.05) is 30.3 Å². The lowest BCUT2D eigenvalue weighted by atomic mass is 10.1. The van der Waals surface area contributed by atoms with Crippen molar-refractivity contribution in [1.29, 1.82) is 0 Å². The van der Waals surface area contributed by atoms with Crippen LogP contribution in [0.15, 0.2) is 48.7 Å². The van der Waals surface area contributed by atoms with Crippen LogP contribution >= 0.6 is 0 Å². The van der Waals surface area contributed by atoms with Gasteiger partial charge < -0.3 is 15.0 Å². The molecule has 8 nitrogen and oxygen atoms in total. The first-order valence-electron chi connectivity index (χ1n) is 10.6. The number of hydrogen-bond donors (Lipinski definition) is 1. The highest BCUT2D eigenvalue weighted by molar-refractivity contribution is 5.92. The highest BCUT2D eigenvalue weighted by Crippen LogP contribution is 2.37. The zero-order valence-corrected chi connectivity index (χ0v) is 18.0. The van der Waals surface area contributed by atoms with Gasteiger partial charge in [0.2, 0.25) is 0 Å². The fourth-order valence-corrected chi connectivity index (χ4v) is 4.29. The number of anilines is 2. The Morgan fingerprint density at radius 2 is 1.85 bits per heavy atom. The summed E-state index contributed by atoms with van der Waals surface area (Å²) in [5, 5.41) is 6.80. The fourth-order valence-electron chi connectivity index (χ4n) is 4.29. The second-order valence-corrected chi connectivity index (χ2v) is 8.19. The van der Waals surface area contributed by atoms with Crippen LogP contribution < -0.4 is 10.2 Å². The number of nitrogens with one attached hydrogen (secondary N) is 1. The van der Waals surface area contributed by atoms with Crippen molar-refractivity contribution >= 4 is 23.5 Å². The van der Waals surface area contributed by atoms with E-state index in [-0.39, 0.29) is 30.9 Å². The van der Waals surface area contributed by atoms with E-state index in [0.29, 0.717) is 30.1 Å². The van der Waals surface area contributed by atoms with Gasteiger partial charge in [-0.1, -0.05) is 30.3 Å². The Morgan fingerprint density at radius 1 is 1.15 bits per heavy atom. The Labute approximate surface area is 192 Å². The number of fused-ring (bicyclic) bond motifs is 1. The van der Waals surface area contributed by atoms with E-state index < -0.39 is 29.6 Å². The number of aromatic nitrogens is 2. The number of carbonyl (C=O) groups excluding carboxylic acids is 2. The number of carbonyl (C=O) groups is 2. The maximum Gasteiger partial charge on any atom is 0.415 e. The smallest absolute Gasteiger partial charge is 0.415 e. The molecule has 2 atom stereocenters. The number of urea groups is 1. The topological polar surface area (TPSA) is 79.7 Å². The molecule has 3 aromatic rings. The Hall–Kier alpha value is -4.02. The van der Waals surface area contributed by atoms with Crippen molar-refractivity contribution in [3.63, 3.8) is 0 Å². The van der Waals surface area contributed by atoms with Crippen molar-refractivity contribution in [3.05, 3.63) is 77.4 Å². The van der Waals surface area contributed by atoms with Gasteiger partial charge in [0.25, 0.3) is 0 Å². The lowest BCUT2D eigenvalue weighted by molar-refractivity contribution is 0.161. The second-order valence-electron chi connectivity index (χ2n) is 8.19. The zero-order chi connectivity index (χ0) is 24.0. The molecule has 1 fully saturated rings. The maximum atomic E-state index is 13.6. The number of ether oxygens (including phenoxy) is 1. The Balaban J connectivity index is 1.42. The van der Waals surface area contributed by atoms with Gasteiger partial charge in [0, 0.05) is 17.8 Å². The van der Waals surface area contributed by atoms with E-state index >= 15 is 0 Å². The van der Waals surface area contributed by atoms with Gasteiger partial charge in [-0.2, -0.15) is 5.10 Å². The lowest BCUT2D eigenvalue weighted by Crippen LogP contribution is -2.47. The van der Waals surface area contributed by atoms with Crippen molar-refractivity contribution in [2.75, 3.05) is 16.8 Å². The predicted octanol–water partition coefficient (Wildman–Crippen LogP) is 4.43. The summed E-state index contributed by atoms with van der Waals surface area (Å²) < 4.78 is 47.4. The fraction of sp³-hybridized carbons (Fsp3) is 0.261. The van der Waals surface area contributed by atoms with Crippen molar-refractivity contribution in [2.24, 2.45) is 0 Å². The largest absolute Gasteiger partial charge is 0.447 e. The van der Waals surface area contributed by atoms with E-state index in [1.165, 1.54) is 9.80 Å². The summed E-state index contributed by atoms with van der Waals surface area (Å²) in [7, 11) is 0. The molecule has 2 aromatic carbocycles. The molecule has 0 radical (unpaired) electrons. The minimum Gasteiger partial charge on any atom is -0.447 e. The van der Waals surface area contributed by atoms with Crippen molar-refractivity contribution in [1.82, 2.24) is 14.7 Å². The predicted molar refractivity (Wildman–Crippen MR) is 116 cm³/mol. The molecule has 0 unspecified atom stereocenters. The molecule has 3 heterocycles. The van der Waals surface area contributed by atoms with Gasteiger partial charge in [-0.05, 0) is 12.5 Å². The summed E-state index contributed by atoms with van der Waals surface area (Å²) in [6.45, 7) is 2.40. The number of benzene rings is 2. The zero-order valence-electron chi connectivity index (χ0n) is 18.0. The van der Waals surface area contributed by atoms with Gasteiger partial charge >= 0.3 is 12.1 Å². The summed E-state index contributed by atoms with van der Waals surface area (Å²) >= 11 is 0. The maximum absolute atomic E-state index is 13.6. The van der Waals surface area contributed by atoms with Crippen LogP contribution in [-0.4, -0.2) is 39.5 Å². The number of amides is 3. The molecule has 0 bridgehead atoms. The molecule has 34 heavy (non-hydrogen) atoms. The van der Waals surface area contributed by atoms with Crippen LogP contribution in [-0.2, 0) is 17.8 Å². The van der Waals surface area contributed by atoms with Gasteiger partial charge in [0.05, 0.1) is 42.8 Å². The molecule has 176 valence electrons. The number of cyclic esters (lactones) is 1. The normalized spacial score (nSPS) is 19.7. The number of halogens is 3. The summed E-state index contributed by atoms with van der Waals surface area (Å²) in [6, 6.07) is 9.56. The molecule has 1 saturated heterocycles. The van der Waals surface area contributed by atoms with Crippen LogP contribution in [0.2, 0.25) is 0 Å². The van der Waals surface area contributed by atoms with Gasteiger partial charge in [-0.25, -0.2) is 22.8 Å². The quantitative estimate of drug-likeness (QED) is 0.573. The molecule has 2 aliphatic heterocycles. The molecular formula is C23H20F3N5O3. The van der Waals surface area contributed by atoms with Crippen LogP contribution in [0.1, 0.15) is 24.2 Å². The van der Waals surface area contributed by atoms with Gasteiger partial charge in [-0.3, -0.25) is 9.58 Å². The third-order valence-electron chi connectivity index (χ3n) is 6.03. The molecule has 2 aliphatic rings. The van der Waals surface area contributed by atoms with Crippen LogP contribution in [0.5, 0.6) is 0 Å². The first-order valence-corrected chi connectivity index (χ1v) is 10.6. The third-order valence-corrected chi connectivity index (χ3v) is 6.03. The molecule has 1 N–H and O–H groups in total. The Bertz CT molecular complexity index is 1240. The molecule has 0 aliphatic carbocycles. The van der Waals surface area contributed by atoms with Gasteiger partial charge in [0.15, 0.2) is 17.5 Å². The van der Waals surface area contributed by atoms with E-state index in [2.05, 4.69) is 10.4 Å². The summed E-state index contributed by atoms with van der Waals surface area (Å²) in [6.07, 6.45) is 1.05. The minimum atomic E-state index is -1.61. The van der Waals surface area contributed by atoms with E-state index in [4.69, 9.17) is 4.74 Å². The van der Waals surface area contributed by atoms with E-state index in [1.54, 1.807) is 17.8 Å². The van der Waals surface area contributed by atoms with Crippen molar-refractivity contribution < 1.29 is 27.5 Å². The molecule has 0 spiro atoms. The monoisotopic (exact) mass is 471 g/mol. The van der Waals surface area contributed by atoms with Crippen molar-refractivity contribution in [3.8, 4) is 0 Å². The van der Waals surface area contributed by atoms with Gasteiger partial charge in [0.1, 0.15) is 6.61 Å². The van der Waals surface area contributed by atoms with Crippen LogP contribution in [0.3, 0.4) is 0 Å². The highest BCUT2D eigenvalue weighted by atomic mass is 19.2. The SMILES string of the molecule is C[C@H]1Cn2ncc(N3C(=O)OC[C@@H]3c3ccccc3)c2CN1C(=O)Nc1cc(F)c(F)c(F)c1. The first-order chi connectivity index (χ1) is 16.3. The first kappa shape index (κ1) is 21.8. The Kier molecular flexibility index (Phi) is 5.39. The summed E-state index contributed by atoms with van der Waals surface area (Å²) in [5.74, 6) is -4.41. The minimum absolute atomic E-state index is 0.0831. The second kappa shape index (κ2) is 8.40.